The number of nitrogens with one attached hydrogen (secondary N) is 1. The molecule has 1 aromatic carbocycles. The third-order valence-corrected chi connectivity index (χ3v) is 4.70. The van der Waals surface area contributed by atoms with Crippen molar-refractivity contribution in [1.82, 2.24) is 20.1 Å². The van der Waals surface area contributed by atoms with E-state index in [0.29, 0.717) is 12.1 Å². The third-order valence-electron chi connectivity index (χ3n) is 4.70. The van der Waals surface area contributed by atoms with Crippen LogP contribution in [0, 0.1) is 0 Å². The van der Waals surface area contributed by atoms with Gasteiger partial charge in [0.15, 0.2) is 6.39 Å². The quantitative estimate of drug-likeness (QED) is 0.827. The average molecular weight is 414 g/mol. The maximum atomic E-state index is 13.0. The van der Waals surface area contributed by atoms with Gasteiger partial charge < -0.3 is 24.3 Å². The average Bonchev–Trinajstić information content (AvgIpc) is 3.26. The molecule has 9 heteroatoms. The van der Waals surface area contributed by atoms with Crippen LogP contribution in [0.1, 0.15) is 53.3 Å². The van der Waals surface area contributed by atoms with Gasteiger partial charge in [-0.3, -0.25) is 9.59 Å². The first kappa shape index (κ1) is 21.4. The molecular weight excluding hydrogens is 388 g/mol. The fourth-order valence-corrected chi connectivity index (χ4v) is 3.30. The number of piperazine rings is 1. The molecule has 3 amide bonds. The summed E-state index contributed by atoms with van der Waals surface area (Å²) in [5, 5.41) is 2.59. The summed E-state index contributed by atoms with van der Waals surface area (Å²) in [4.78, 5) is 44.7. The van der Waals surface area contributed by atoms with E-state index in [1.807, 2.05) is 6.07 Å². The highest BCUT2D eigenvalue weighted by atomic mass is 16.6. The number of hydrogen-bond donors (Lipinski definition) is 1. The molecule has 1 unspecified atom stereocenters. The number of hydrogen-bond acceptors (Lipinski definition) is 6. The highest BCUT2D eigenvalue weighted by molar-refractivity contribution is 5.94. The molecule has 1 aliphatic rings. The van der Waals surface area contributed by atoms with Gasteiger partial charge >= 0.3 is 6.09 Å². The summed E-state index contributed by atoms with van der Waals surface area (Å²) in [5.74, 6) is -0.440. The predicted molar refractivity (Wildman–Crippen MR) is 108 cm³/mol. The Morgan fingerprint density at radius 2 is 2.00 bits per heavy atom. The van der Waals surface area contributed by atoms with Crippen LogP contribution >= 0.6 is 0 Å². The highest BCUT2D eigenvalue weighted by Crippen LogP contribution is 2.29. The molecule has 3 rings (SSSR count). The zero-order chi connectivity index (χ0) is 21.9. The predicted octanol–water partition coefficient (Wildman–Crippen LogP) is 2.47. The number of amides is 3. The van der Waals surface area contributed by atoms with Gasteiger partial charge in [0.05, 0.1) is 12.2 Å². The fourth-order valence-electron chi connectivity index (χ4n) is 3.30. The van der Waals surface area contributed by atoms with Crippen molar-refractivity contribution in [2.24, 2.45) is 0 Å². The lowest BCUT2D eigenvalue weighted by Gasteiger charge is -2.41. The Hall–Kier alpha value is -3.36. The Morgan fingerprint density at radius 1 is 1.23 bits per heavy atom. The van der Waals surface area contributed by atoms with Crippen molar-refractivity contribution in [2.45, 2.75) is 32.4 Å². The summed E-state index contributed by atoms with van der Waals surface area (Å²) in [6.07, 6.45) is 2.12. The summed E-state index contributed by atoms with van der Waals surface area (Å²) in [6, 6.07) is 6.52. The van der Waals surface area contributed by atoms with Crippen molar-refractivity contribution < 1.29 is 23.5 Å². The minimum atomic E-state index is -0.626. The SMILES string of the molecule is CNC(=O)c1cccc(C2CN(C(=O)OC(C)(C)C)CCN2C(=O)c2cnco2)c1. The summed E-state index contributed by atoms with van der Waals surface area (Å²) in [5.41, 5.74) is 0.576. The standard InChI is InChI=1S/C21H26N4O5/c1-21(2,3)30-20(28)24-8-9-25(19(27)17-11-23-13-29-17)16(12-24)14-6-5-7-15(10-14)18(26)22-4/h5-7,10-11,13,16H,8-9,12H2,1-4H3,(H,22,26). The maximum absolute atomic E-state index is 13.0. The molecule has 2 aromatic rings. The van der Waals surface area contributed by atoms with Gasteiger partial charge in [-0.25, -0.2) is 9.78 Å². The van der Waals surface area contributed by atoms with Crippen molar-refractivity contribution in [3.05, 3.63) is 53.7 Å². The Bertz CT molecular complexity index is 920. The molecule has 30 heavy (non-hydrogen) atoms. The molecule has 9 nitrogen and oxygen atoms in total. The first-order valence-corrected chi connectivity index (χ1v) is 9.69. The van der Waals surface area contributed by atoms with Crippen LogP contribution in [0.25, 0.3) is 0 Å². The number of aromatic nitrogens is 1. The normalized spacial score (nSPS) is 16.9. The molecule has 1 N–H and O–H groups in total. The van der Waals surface area contributed by atoms with Gasteiger partial charge in [-0.2, -0.15) is 0 Å². The highest BCUT2D eigenvalue weighted by Gasteiger charge is 2.36. The zero-order valence-electron chi connectivity index (χ0n) is 17.5. The van der Waals surface area contributed by atoms with Crippen molar-refractivity contribution in [3.8, 4) is 0 Å². The largest absolute Gasteiger partial charge is 0.444 e. The minimum Gasteiger partial charge on any atom is -0.444 e. The molecule has 0 radical (unpaired) electrons. The molecule has 1 aromatic heterocycles. The molecular formula is C21H26N4O5. The zero-order valence-corrected chi connectivity index (χ0v) is 17.5. The first-order valence-electron chi connectivity index (χ1n) is 9.69. The van der Waals surface area contributed by atoms with Crippen molar-refractivity contribution in [2.75, 3.05) is 26.7 Å². The van der Waals surface area contributed by atoms with Crippen molar-refractivity contribution in [1.29, 1.82) is 0 Å². The number of nitrogens with zero attached hydrogens (tertiary/aromatic N) is 3. The topological polar surface area (TPSA) is 105 Å². The van der Waals surface area contributed by atoms with Crippen LogP contribution in [0.4, 0.5) is 4.79 Å². The van der Waals surface area contributed by atoms with E-state index < -0.39 is 17.7 Å². The third kappa shape index (κ3) is 4.79. The summed E-state index contributed by atoms with van der Waals surface area (Å²) in [7, 11) is 1.56. The van der Waals surface area contributed by atoms with E-state index in [1.54, 1.807) is 55.8 Å². The molecule has 0 bridgehead atoms. The van der Waals surface area contributed by atoms with E-state index in [2.05, 4.69) is 10.3 Å². The van der Waals surface area contributed by atoms with Crippen LogP contribution in [0.3, 0.4) is 0 Å². The monoisotopic (exact) mass is 414 g/mol. The van der Waals surface area contributed by atoms with E-state index in [0.717, 1.165) is 5.56 Å². The summed E-state index contributed by atoms with van der Waals surface area (Å²) >= 11 is 0. The second kappa shape index (κ2) is 8.56. The van der Waals surface area contributed by atoms with E-state index >= 15 is 0 Å². The fraction of sp³-hybridized carbons (Fsp3) is 0.429. The van der Waals surface area contributed by atoms with Crippen LogP contribution in [0.2, 0.25) is 0 Å². The number of carbonyl (C=O) groups is 3. The van der Waals surface area contributed by atoms with Crippen LogP contribution in [-0.4, -0.2) is 65.0 Å². The first-order chi connectivity index (χ1) is 14.2. The number of ether oxygens (including phenoxy) is 1. The second-order valence-corrected chi connectivity index (χ2v) is 8.01. The Labute approximate surface area is 175 Å². The Morgan fingerprint density at radius 3 is 2.63 bits per heavy atom. The molecule has 160 valence electrons. The number of oxazole rings is 1. The Balaban J connectivity index is 1.92. The number of carbonyl (C=O) groups excluding carboxylic acids is 3. The van der Waals surface area contributed by atoms with E-state index in [9.17, 15) is 14.4 Å². The van der Waals surface area contributed by atoms with E-state index in [1.165, 1.54) is 12.6 Å². The summed E-state index contributed by atoms with van der Waals surface area (Å²) < 4.78 is 10.7. The van der Waals surface area contributed by atoms with Gasteiger partial charge in [0.25, 0.3) is 11.8 Å². The number of benzene rings is 1. The van der Waals surface area contributed by atoms with Crippen LogP contribution in [0.15, 0.2) is 41.3 Å². The molecule has 1 aliphatic heterocycles. The van der Waals surface area contributed by atoms with Gasteiger partial charge in [0, 0.05) is 32.2 Å². The van der Waals surface area contributed by atoms with Gasteiger partial charge in [-0.05, 0) is 38.5 Å². The van der Waals surface area contributed by atoms with Crippen LogP contribution < -0.4 is 5.32 Å². The molecule has 1 saturated heterocycles. The lowest BCUT2D eigenvalue weighted by Crippen LogP contribution is -2.53. The molecule has 0 saturated carbocycles. The van der Waals surface area contributed by atoms with Crippen molar-refractivity contribution >= 4 is 17.9 Å². The summed E-state index contributed by atoms with van der Waals surface area (Å²) in [6.45, 7) is 6.25. The van der Waals surface area contributed by atoms with Crippen LogP contribution in [-0.2, 0) is 4.74 Å². The van der Waals surface area contributed by atoms with Gasteiger partial charge in [-0.1, -0.05) is 12.1 Å². The van der Waals surface area contributed by atoms with Gasteiger partial charge in [-0.15, -0.1) is 0 Å². The molecule has 0 spiro atoms. The second-order valence-electron chi connectivity index (χ2n) is 8.01. The van der Waals surface area contributed by atoms with Gasteiger partial charge in [0.1, 0.15) is 5.60 Å². The minimum absolute atomic E-state index is 0.119. The van der Waals surface area contributed by atoms with Crippen molar-refractivity contribution in [3.63, 3.8) is 0 Å². The lowest BCUT2D eigenvalue weighted by molar-refractivity contribution is 0.00345. The molecule has 2 heterocycles. The maximum Gasteiger partial charge on any atom is 0.410 e. The molecule has 0 aliphatic carbocycles. The van der Waals surface area contributed by atoms with E-state index in [-0.39, 0.29) is 30.7 Å². The smallest absolute Gasteiger partial charge is 0.410 e. The Kier molecular flexibility index (Phi) is 6.09. The van der Waals surface area contributed by atoms with E-state index in [4.69, 9.17) is 9.15 Å². The lowest BCUT2D eigenvalue weighted by atomic mass is 9.99. The molecule has 1 fully saturated rings. The van der Waals surface area contributed by atoms with Gasteiger partial charge in [0.2, 0.25) is 5.76 Å². The van der Waals surface area contributed by atoms with Crippen LogP contribution in [0.5, 0.6) is 0 Å². The number of rotatable bonds is 3. The molecule has 1 atom stereocenters.